The lowest BCUT2D eigenvalue weighted by Gasteiger charge is -2.27. The Hall–Kier alpha value is -2.60. The van der Waals surface area contributed by atoms with Gasteiger partial charge in [-0.05, 0) is 23.9 Å². The molecule has 1 aliphatic rings. The van der Waals surface area contributed by atoms with Gasteiger partial charge >= 0.3 is 0 Å². The van der Waals surface area contributed by atoms with Crippen LogP contribution in [0.4, 0.5) is 0 Å². The largest absolute Gasteiger partial charge is 0.503 e. The second-order valence-electron chi connectivity index (χ2n) is 5.71. The number of carbonyl (C=O) groups is 2. The van der Waals surface area contributed by atoms with Gasteiger partial charge < -0.3 is 14.7 Å². The number of ether oxygens (including phenoxy) is 1. The fraction of sp³-hybridized carbons (Fsp3) is 0.263. The van der Waals surface area contributed by atoms with Gasteiger partial charge in [0.15, 0.2) is 5.76 Å². The first-order valence-electron chi connectivity index (χ1n) is 8.05. The number of methoxy groups -OCH3 is 1. The smallest absolute Gasteiger partial charge is 0.290 e. The molecule has 5 nitrogen and oxygen atoms in total. The predicted molar refractivity (Wildman–Crippen MR) is 96.0 cm³/mol. The molecule has 0 radical (unpaired) electrons. The van der Waals surface area contributed by atoms with Crippen molar-refractivity contribution in [2.45, 2.75) is 19.4 Å². The van der Waals surface area contributed by atoms with Gasteiger partial charge in [0.05, 0.1) is 23.6 Å². The molecule has 0 saturated heterocycles. The number of nitrogens with zero attached hydrogens (tertiary/aromatic N) is 1. The zero-order chi connectivity index (χ0) is 18.0. The molecule has 1 unspecified atom stereocenters. The van der Waals surface area contributed by atoms with Crippen LogP contribution in [0.25, 0.3) is 0 Å². The second kappa shape index (κ2) is 7.11. The minimum atomic E-state index is -0.654. The number of rotatable bonds is 6. The van der Waals surface area contributed by atoms with E-state index >= 15 is 0 Å². The standard InChI is InChI=1S/C19H19NO4S/c1-3-10-20-16(12-7-4-5-8-13(12)24-2)15(18(22)19(20)23)17(21)14-9-6-11-25-14/h4-9,11,16,22H,3,10H2,1-2H3. The molecule has 1 aromatic heterocycles. The average molecular weight is 357 g/mol. The van der Waals surface area contributed by atoms with E-state index in [1.165, 1.54) is 16.2 Å². The Morgan fingerprint density at radius 1 is 1.28 bits per heavy atom. The summed E-state index contributed by atoms with van der Waals surface area (Å²) in [4.78, 5) is 27.6. The highest BCUT2D eigenvalue weighted by atomic mass is 32.1. The molecule has 1 N–H and O–H groups in total. The number of thiophene rings is 1. The first-order chi connectivity index (χ1) is 12.1. The molecule has 2 aromatic rings. The lowest BCUT2D eigenvalue weighted by Crippen LogP contribution is -2.32. The SMILES string of the molecule is CCCN1C(=O)C(O)=C(C(=O)c2cccs2)C1c1ccccc1OC. The van der Waals surface area contributed by atoms with Crippen molar-refractivity contribution in [1.82, 2.24) is 4.90 Å². The number of benzene rings is 1. The normalized spacial score (nSPS) is 17.3. The third kappa shape index (κ3) is 2.93. The highest BCUT2D eigenvalue weighted by Crippen LogP contribution is 2.42. The maximum absolute atomic E-state index is 13.0. The summed E-state index contributed by atoms with van der Waals surface area (Å²) >= 11 is 1.29. The van der Waals surface area contributed by atoms with Gasteiger partial charge in [-0.3, -0.25) is 9.59 Å². The van der Waals surface area contributed by atoms with Gasteiger partial charge in [0.25, 0.3) is 5.91 Å². The van der Waals surface area contributed by atoms with Crippen molar-refractivity contribution in [3.05, 3.63) is 63.6 Å². The van der Waals surface area contributed by atoms with Crippen LogP contribution >= 0.6 is 11.3 Å². The van der Waals surface area contributed by atoms with Crippen LogP contribution in [-0.2, 0) is 4.79 Å². The van der Waals surface area contributed by atoms with Crippen molar-refractivity contribution >= 4 is 23.0 Å². The summed E-state index contributed by atoms with van der Waals surface area (Å²) in [6, 6.07) is 10.1. The fourth-order valence-corrected chi connectivity index (χ4v) is 3.79. The molecule has 0 spiro atoms. The quantitative estimate of drug-likeness (QED) is 0.800. The molecule has 1 atom stereocenters. The molecule has 0 fully saturated rings. The van der Waals surface area contributed by atoms with Crippen molar-refractivity contribution < 1.29 is 19.4 Å². The number of hydrogen-bond acceptors (Lipinski definition) is 5. The van der Waals surface area contributed by atoms with E-state index in [2.05, 4.69) is 0 Å². The Bertz CT molecular complexity index is 826. The highest BCUT2D eigenvalue weighted by Gasteiger charge is 2.44. The zero-order valence-corrected chi connectivity index (χ0v) is 14.9. The van der Waals surface area contributed by atoms with Crippen LogP contribution < -0.4 is 4.74 Å². The van der Waals surface area contributed by atoms with Crippen molar-refractivity contribution in [2.24, 2.45) is 0 Å². The Balaban J connectivity index is 2.15. The van der Waals surface area contributed by atoms with Crippen LogP contribution in [-0.4, -0.2) is 35.4 Å². The Morgan fingerprint density at radius 2 is 2.04 bits per heavy atom. The van der Waals surface area contributed by atoms with E-state index in [1.807, 2.05) is 25.1 Å². The molecular formula is C19H19NO4S. The molecule has 130 valence electrons. The fourth-order valence-electron chi connectivity index (χ4n) is 3.11. The van der Waals surface area contributed by atoms with E-state index in [9.17, 15) is 14.7 Å². The first kappa shape index (κ1) is 17.2. The summed E-state index contributed by atoms with van der Waals surface area (Å²) in [6.45, 7) is 2.38. The zero-order valence-electron chi connectivity index (χ0n) is 14.1. The third-order valence-electron chi connectivity index (χ3n) is 4.19. The Kier molecular flexibility index (Phi) is 4.90. The van der Waals surface area contributed by atoms with Crippen LogP contribution in [0.3, 0.4) is 0 Å². The van der Waals surface area contributed by atoms with E-state index in [-0.39, 0.29) is 11.4 Å². The van der Waals surface area contributed by atoms with Crippen LogP contribution in [0.1, 0.15) is 34.6 Å². The summed E-state index contributed by atoms with van der Waals surface area (Å²) < 4.78 is 5.42. The number of Topliss-reactive ketones (excluding diaryl/α,β-unsaturated/α-hetero) is 1. The van der Waals surface area contributed by atoms with Crippen molar-refractivity contribution in [2.75, 3.05) is 13.7 Å². The summed E-state index contributed by atoms with van der Waals surface area (Å²) in [5, 5.41) is 12.2. The highest BCUT2D eigenvalue weighted by molar-refractivity contribution is 7.12. The minimum Gasteiger partial charge on any atom is -0.503 e. The molecule has 6 heteroatoms. The van der Waals surface area contributed by atoms with Crippen molar-refractivity contribution in [3.63, 3.8) is 0 Å². The van der Waals surface area contributed by atoms with Crippen LogP contribution in [0, 0.1) is 0 Å². The summed E-state index contributed by atoms with van der Waals surface area (Å²) in [7, 11) is 1.55. The molecule has 3 rings (SSSR count). The molecule has 0 saturated carbocycles. The monoisotopic (exact) mass is 357 g/mol. The van der Waals surface area contributed by atoms with Gasteiger partial charge in [0.2, 0.25) is 5.78 Å². The molecule has 1 aliphatic heterocycles. The number of aliphatic hydroxyl groups is 1. The van der Waals surface area contributed by atoms with Gasteiger partial charge in [-0.2, -0.15) is 0 Å². The van der Waals surface area contributed by atoms with Crippen LogP contribution in [0.15, 0.2) is 53.1 Å². The predicted octanol–water partition coefficient (Wildman–Crippen LogP) is 3.75. The number of para-hydroxylation sites is 1. The number of ketones is 1. The van der Waals surface area contributed by atoms with E-state index in [4.69, 9.17) is 4.74 Å². The molecule has 1 aromatic carbocycles. The van der Waals surface area contributed by atoms with Crippen molar-refractivity contribution in [3.8, 4) is 5.75 Å². The molecule has 0 bridgehead atoms. The first-order valence-corrected chi connectivity index (χ1v) is 8.93. The molecule has 25 heavy (non-hydrogen) atoms. The molecule has 1 amide bonds. The topological polar surface area (TPSA) is 66.8 Å². The van der Waals surface area contributed by atoms with Crippen LogP contribution in [0.2, 0.25) is 0 Å². The van der Waals surface area contributed by atoms with Gasteiger partial charge in [-0.15, -0.1) is 11.3 Å². The number of hydrogen-bond donors (Lipinski definition) is 1. The Morgan fingerprint density at radius 3 is 2.68 bits per heavy atom. The summed E-state index contributed by atoms with van der Waals surface area (Å²) in [5.41, 5.74) is 0.807. The molecule has 2 heterocycles. The lowest BCUT2D eigenvalue weighted by atomic mass is 9.94. The number of carbonyl (C=O) groups excluding carboxylic acids is 2. The third-order valence-corrected chi connectivity index (χ3v) is 5.06. The van der Waals surface area contributed by atoms with E-state index < -0.39 is 17.7 Å². The van der Waals surface area contributed by atoms with Gasteiger partial charge in [0.1, 0.15) is 5.75 Å². The van der Waals surface area contributed by atoms with Crippen molar-refractivity contribution in [1.29, 1.82) is 0 Å². The maximum atomic E-state index is 13.0. The summed E-state index contributed by atoms with van der Waals surface area (Å²) in [5.74, 6) is -0.733. The van der Waals surface area contributed by atoms with E-state index in [1.54, 1.807) is 30.7 Å². The lowest BCUT2D eigenvalue weighted by molar-refractivity contribution is -0.129. The van der Waals surface area contributed by atoms with E-state index in [0.29, 0.717) is 29.2 Å². The summed E-state index contributed by atoms with van der Waals surface area (Å²) in [6.07, 6.45) is 0.713. The second-order valence-corrected chi connectivity index (χ2v) is 6.66. The number of aliphatic hydroxyl groups excluding tert-OH is 1. The minimum absolute atomic E-state index is 0.116. The van der Waals surface area contributed by atoms with Crippen LogP contribution in [0.5, 0.6) is 5.75 Å². The maximum Gasteiger partial charge on any atom is 0.290 e. The number of amides is 1. The van der Waals surface area contributed by atoms with Gasteiger partial charge in [-0.25, -0.2) is 0 Å². The van der Waals surface area contributed by atoms with Gasteiger partial charge in [-0.1, -0.05) is 31.2 Å². The van der Waals surface area contributed by atoms with Gasteiger partial charge in [0, 0.05) is 12.1 Å². The van der Waals surface area contributed by atoms with E-state index in [0.717, 1.165) is 0 Å². The Labute approximate surface area is 150 Å². The molecule has 0 aliphatic carbocycles. The molecular weight excluding hydrogens is 338 g/mol. The average Bonchev–Trinajstić information content (AvgIpc) is 3.24.